The molecule has 114 valence electrons. The molecular formula is C16H26O4. The van der Waals surface area contributed by atoms with Crippen LogP contribution in [0, 0.1) is 0 Å². The van der Waals surface area contributed by atoms with Crippen LogP contribution in [0.3, 0.4) is 0 Å². The fourth-order valence-electron chi connectivity index (χ4n) is 1.84. The van der Waals surface area contributed by atoms with E-state index < -0.39 is 0 Å². The van der Waals surface area contributed by atoms with Crippen LogP contribution in [0.15, 0.2) is 18.2 Å². The number of aromatic hydroxyl groups is 1. The molecule has 1 aromatic carbocycles. The first kappa shape index (κ1) is 16.6. The fourth-order valence-corrected chi connectivity index (χ4v) is 1.84. The van der Waals surface area contributed by atoms with E-state index in [1.165, 1.54) is 12.8 Å². The topological polar surface area (TPSA) is 47.9 Å². The van der Waals surface area contributed by atoms with Gasteiger partial charge in [0.1, 0.15) is 12.4 Å². The zero-order valence-corrected chi connectivity index (χ0v) is 12.7. The molecule has 1 aromatic rings. The third-order valence-electron chi connectivity index (χ3n) is 2.95. The molecule has 0 aliphatic carbocycles. The Morgan fingerprint density at radius 3 is 2.65 bits per heavy atom. The third-order valence-corrected chi connectivity index (χ3v) is 2.95. The van der Waals surface area contributed by atoms with Crippen molar-refractivity contribution < 1.29 is 19.3 Å². The molecule has 4 heteroatoms. The van der Waals surface area contributed by atoms with E-state index in [9.17, 15) is 5.11 Å². The molecule has 0 aromatic heterocycles. The zero-order valence-electron chi connectivity index (χ0n) is 12.7. The molecule has 0 heterocycles. The quantitative estimate of drug-likeness (QED) is 0.664. The van der Waals surface area contributed by atoms with E-state index in [0.717, 1.165) is 6.42 Å². The minimum absolute atomic E-state index is 0.128. The Labute approximate surface area is 121 Å². The van der Waals surface area contributed by atoms with Crippen LogP contribution in [0.4, 0.5) is 0 Å². The monoisotopic (exact) mass is 282 g/mol. The van der Waals surface area contributed by atoms with E-state index in [4.69, 9.17) is 14.2 Å². The molecule has 0 spiro atoms. The van der Waals surface area contributed by atoms with Gasteiger partial charge >= 0.3 is 0 Å². The van der Waals surface area contributed by atoms with Gasteiger partial charge in [0.15, 0.2) is 11.5 Å². The van der Waals surface area contributed by atoms with Crippen LogP contribution in [0.5, 0.6) is 17.2 Å². The summed E-state index contributed by atoms with van der Waals surface area (Å²) in [6, 6.07) is 4.99. The first-order valence-electron chi connectivity index (χ1n) is 7.37. The summed E-state index contributed by atoms with van der Waals surface area (Å²) in [5.41, 5.74) is 0. The maximum absolute atomic E-state index is 9.59. The van der Waals surface area contributed by atoms with Gasteiger partial charge in [-0.2, -0.15) is 0 Å². The SMILES string of the molecule is CCCCC(C)OCCOc1ccc(O)c(OCC)c1. The van der Waals surface area contributed by atoms with Gasteiger partial charge in [-0.1, -0.05) is 19.8 Å². The smallest absolute Gasteiger partial charge is 0.164 e. The molecule has 0 bridgehead atoms. The first-order valence-corrected chi connectivity index (χ1v) is 7.37. The molecule has 0 amide bonds. The molecule has 1 atom stereocenters. The lowest BCUT2D eigenvalue weighted by atomic mass is 10.2. The lowest BCUT2D eigenvalue weighted by Gasteiger charge is -2.13. The molecule has 0 radical (unpaired) electrons. The minimum Gasteiger partial charge on any atom is -0.504 e. The van der Waals surface area contributed by atoms with E-state index in [1.807, 2.05) is 6.92 Å². The van der Waals surface area contributed by atoms with Crippen LogP contribution in [0.2, 0.25) is 0 Å². The van der Waals surface area contributed by atoms with Gasteiger partial charge in [-0.25, -0.2) is 0 Å². The van der Waals surface area contributed by atoms with Crippen molar-refractivity contribution in [3.8, 4) is 17.2 Å². The number of ether oxygens (including phenoxy) is 3. The second-order valence-electron chi connectivity index (χ2n) is 4.73. The van der Waals surface area contributed by atoms with Crippen LogP contribution in [0.1, 0.15) is 40.0 Å². The second kappa shape index (κ2) is 9.48. The molecule has 1 unspecified atom stereocenters. The van der Waals surface area contributed by atoms with Gasteiger partial charge in [-0.3, -0.25) is 0 Å². The first-order chi connectivity index (χ1) is 9.67. The van der Waals surface area contributed by atoms with Gasteiger partial charge in [-0.05, 0) is 32.4 Å². The molecule has 0 saturated heterocycles. The van der Waals surface area contributed by atoms with Crippen molar-refractivity contribution in [3.63, 3.8) is 0 Å². The van der Waals surface area contributed by atoms with E-state index in [0.29, 0.717) is 31.3 Å². The number of phenolic OH excluding ortho intramolecular Hbond substituents is 1. The van der Waals surface area contributed by atoms with Crippen molar-refractivity contribution in [1.29, 1.82) is 0 Å². The Morgan fingerprint density at radius 1 is 1.15 bits per heavy atom. The van der Waals surface area contributed by atoms with Crippen molar-refractivity contribution in [2.75, 3.05) is 19.8 Å². The van der Waals surface area contributed by atoms with E-state index in [-0.39, 0.29) is 11.9 Å². The van der Waals surface area contributed by atoms with Crippen molar-refractivity contribution in [1.82, 2.24) is 0 Å². The van der Waals surface area contributed by atoms with Crippen LogP contribution >= 0.6 is 0 Å². The normalized spacial score (nSPS) is 12.2. The summed E-state index contributed by atoms with van der Waals surface area (Å²) in [7, 11) is 0. The molecular weight excluding hydrogens is 256 g/mol. The van der Waals surface area contributed by atoms with Crippen molar-refractivity contribution in [2.45, 2.75) is 46.1 Å². The van der Waals surface area contributed by atoms with E-state index >= 15 is 0 Å². The third kappa shape index (κ3) is 6.15. The number of hydrogen-bond donors (Lipinski definition) is 1. The Balaban J connectivity index is 2.29. The maximum atomic E-state index is 9.59. The summed E-state index contributed by atoms with van der Waals surface area (Å²) in [5, 5.41) is 9.59. The van der Waals surface area contributed by atoms with Crippen molar-refractivity contribution >= 4 is 0 Å². The Morgan fingerprint density at radius 2 is 1.95 bits per heavy atom. The van der Waals surface area contributed by atoms with Crippen molar-refractivity contribution in [2.24, 2.45) is 0 Å². The van der Waals surface area contributed by atoms with Gasteiger partial charge in [-0.15, -0.1) is 0 Å². The Bertz CT molecular complexity index is 379. The van der Waals surface area contributed by atoms with E-state index in [2.05, 4.69) is 13.8 Å². The molecule has 1 N–H and O–H groups in total. The van der Waals surface area contributed by atoms with Crippen LogP contribution in [-0.4, -0.2) is 31.0 Å². The van der Waals surface area contributed by atoms with Gasteiger partial charge in [0.2, 0.25) is 0 Å². The highest BCUT2D eigenvalue weighted by molar-refractivity contribution is 5.44. The predicted octanol–water partition coefficient (Wildman–Crippen LogP) is 3.77. The molecule has 4 nitrogen and oxygen atoms in total. The second-order valence-corrected chi connectivity index (χ2v) is 4.73. The lowest BCUT2D eigenvalue weighted by Crippen LogP contribution is -2.14. The summed E-state index contributed by atoms with van der Waals surface area (Å²) >= 11 is 0. The number of rotatable bonds is 10. The molecule has 1 rings (SSSR count). The van der Waals surface area contributed by atoms with E-state index in [1.54, 1.807) is 18.2 Å². The zero-order chi connectivity index (χ0) is 14.8. The lowest BCUT2D eigenvalue weighted by molar-refractivity contribution is 0.0386. The van der Waals surface area contributed by atoms with Crippen LogP contribution in [0.25, 0.3) is 0 Å². The van der Waals surface area contributed by atoms with Crippen LogP contribution in [-0.2, 0) is 4.74 Å². The van der Waals surface area contributed by atoms with Gasteiger partial charge in [0.25, 0.3) is 0 Å². The van der Waals surface area contributed by atoms with Gasteiger partial charge in [0.05, 0.1) is 19.3 Å². The molecule has 0 saturated carbocycles. The summed E-state index contributed by atoms with van der Waals surface area (Å²) < 4.78 is 16.6. The summed E-state index contributed by atoms with van der Waals surface area (Å²) in [6.07, 6.45) is 3.75. The van der Waals surface area contributed by atoms with Crippen LogP contribution < -0.4 is 9.47 Å². The largest absolute Gasteiger partial charge is 0.504 e. The number of hydrogen-bond acceptors (Lipinski definition) is 4. The Kier molecular flexibility index (Phi) is 7.88. The molecule has 0 fully saturated rings. The summed E-state index contributed by atoms with van der Waals surface area (Å²) in [5.74, 6) is 1.25. The van der Waals surface area contributed by atoms with Crippen molar-refractivity contribution in [3.05, 3.63) is 18.2 Å². The number of phenols is 1. The highest BCUT2D eigenvalue weighted by atomic mass is 16.5. The highest BCUT2D eigenvalue weighted by Gasteiger charge is 2.05. The van der Waals surface area contributed by atoms with Gasteiger partial charge in [0, 0.05) is 6.07 Å². The maximum Gasteiger partial charge on any atom is 0.164 e. The summed E-state index contributed by atoms with van der Waals surface area (Å²) in [6.45, 7) is 7.70. The minimum atomic E-state index is 0.128. The number of unbranched alkanes of at least 4 members (excludes halogenated alkanes) is 1. The highest BCUT2D eigenvalue weighted by Crippen LogP contribution is 2.30. The Hall–Kier alpha value is -1.42. The van der Waals surface area contributed by atoms with Gasteiger partial charge < -0.3 is 19.3 Å². The standard InChI is InChI=1S/C16H26O4/c1-4-6-7-13(3)19-10-11-20-14-8-9-15(17)16(12-14)18-5-2/h8-9,12-13,17H,4-7,10-11H2,1-3H3. The molecule has 0 aliphatic heterocycles. The molecule has 20 heavy (non-hydrogen) atoms. The average molecular weight is 282 g/mol. The average Bonchev–Trinajstić information content (AvgIpc) is 2.45. The number of benzene rings is 1. The predicted molar refractivity (Wildman–Crippen MR) is 79.7 cm³/mol. The summed E-state index contributed by atoms with van der Waals surface area (Å²) in [4.78, 5) is 0. The fraction of sp³-hybridized carbons (Fsp3) is 0.625. The molecule has 0 aliphatic rings.